The molecule has 1 rings (SSSR count). The van der Waals surface area contributed by atoms with Crippen LogP contribution in [0.1, 0.15) is 19.3 Å². The van der Waals surface area contributed by atoms with Crippen molar-refractivity contribution >= 4 is 12.1 Å². The maximum Gasteiger partial charge on any atom is 0.407 e. The molecule has 6 heteroatoms. The van der Waals surface area contributed by atoms with Crippen LogP contribution >= 0.6 is 0 Å². The van der Waals surface area contributed by atoms with Gasteiger partial charge in [-0.3, -0.25) is 4.79 Å². The van der Waals surface area contributed by atoms with Crippen LogP contribution in [0.2, 0.25) is 0 Å². The summed E-state index contributed by atoms with van der Waals surface area (Å²) in [6.45, 7) is 0.488. The van der Waals surface area contributed by atoms with Crippen LogP contribution in [0.5, 0.6) is 0 Å². The lowest BCUT2D eigenvalue weighted by Crippen LogP contribution is -2.46. The fourth-order valence-corrected chi connectivity index (χ4v) is 2.15. The second-order valence-electron chi connectivity index (χ2n) is 4.09. The molecule has 1 fully saturated rings. The molecule has 0 aromatic carbocycles. The Kier molecular flexibility index (Phi) is 4.54. The number of hydrogen-bond donors (Lipinski definition) is 3. The van der Waals surface area contributed by atoms with Crippen molar-refractivity contribution in [3.8, 4) is 0 Å². The first-order valence-electron chi connectivity index (χ1n) is 5.37. The molecule has 1 amide bonds. The van der Waals surface area contributed by atoms with Gasteiger partial charge in [-0.1, -0.05) is 0 Å². The van der Waals surface area contributed by atoms with E-state index in [9.17, 15) is 9.59 Å². The van der Waals surface area contributed by atoms with Crippen molar-refractivity contribution in [2.75, 3.05) is 19.7 Å². The summed E-state index contributed by atoms with van der Waals surface area (Å²) >= 11 is 0. The first-order chi connectivity index (χ1) is 7.56. The molecule has 16 heavy (non-hydrogen) atoms. The van der Waals surface area contributed by atoms with Gasteiger partial charge in [-0.2, -0.15) is 0 Å². The summed E-state index contributed by atoms with van der Waals surface area (Å²) in [5, 5.41) is 26.5. The van der Waals surface area contributed by atoms with Crippen molar-refractivity contribution in [1.82, 2.24) is 4.90 Å². The van der Waals surface area contributed by atoms with Crippen LogP contribution in [0.15, 0.2) is 0 Å². The zero-order chi connectivity index (χ0) is 12.1. The topological polar surface area (TPSA) is 98.1 Å². The first kappa shape index (κ1) is 12.8. The van der Waals surface area contributed by atoms with E-state index in [0.717, 1.165) is 4.90 Å². The minimum atomic E-state index is -1.06. The fraction of sp³-hybridized carbons (Fsp3) is 0.800. The summed E-state index contributed by atoms with van der Waals surface area (Å²) in [7, 11) is 0. The molecule has 1 heterocycles. The minimum absolute atomic E-state index is 0.0275. The molecule has 2 atom stereocenters. The molecule has 1 saturated heterocycles. The monoisotopic (exact) mass is 231 g/mol. The molecule has 6 nitrogen and oxygen atoms in total. The van der Waals surface area contributed by atoms with E-state index in [1.807, 2.05) is 0 Å². The van der Waals surface area contributed by atoms with Gasteiger partial charge in [0.2, 0.25) is 0 Å². The summed E-state index contributed by atoms with van der Waals surface area (Å²) < 4.78 is 0. The van der Waals surface area contributed by atoms with Crippen LogP contribution in [0, 0.1) is 11.8 Å². The normalized spacial score (nSPS) is 25.4. The lowest BCUT2D eigenvalue weighted by Gasteiger charge is -2.34. The number of aliphatic hydroxyl groups excluding tert-OH is 1. The number of aliphatic hydroxyl groups is 1. The van der Waals surface area contributed by atoms with E-state index in [1.54, 1.807) is 0 Å². The van der Waals surface area contributed by atoms with Crippen molar-refractivity contribution < 1.29 is 24.9 Å². The number of likely N-dealkylation sites (tertiary alicyclic amines) is 1. The summed E-state index contributed by atoms with van der Waals surface area (Å²) in [4.78, 5) is 22.9. The lowest BCUT2D eigenvalue weighted by atomic mass is 9.82. The molecule has 1 aliphatic heterocycles. The zero-order valence-electron chi connectivity index (χ0n) is 9.00. The number of amides is 1. The highest BCUT2D eigenvalue weighted by Crippen LogP contribution is 2.27. The second-order valence-corrected chi connectivity index (χ2v) is 4.09. The van der Waals surface area contributed by atoms with Gasteiger partial charge in [0.15, 0.2) is 0 Å². The van der Waals surface area contributed by atoms with Crippen molar-refractivity contribution in [3.05, 3.63) is 0 Å². The predicted octanol–water partition coefficient (Wildman–Crippen LogP) is 0.460. The SMILES string of the molecule is O=C(O)C1CN(C(=O)O)CCC1CCCO. The van der Waals surface area contributed by atoms with E-state index in [2.05, 4.69) is 0 Å². The molecule has 3 N–H and O–H groups in total. The number of nitrogens with zero attached hydrogens (tertiary/aromatic N) is 1. The molecule has 0 radical (unpaired) electrons. The minimum Gasteiger partial charge on any atom is -0.481 e. The van der Waals surface area contributed by atoms with E-state index < -0.39 is 18.0 Å². The Hall–Kier alpha value is -1.30. The van der Waals surface area contributed by atoms with E-state index in [0.29, 0.717) is 25.8 Å². The summed E-state index contributed by atoms with van der Waals surface area (Å²) in [6, 6.07) is 0. The van der Waals surface area contributed by atoms with Gasteiger partial charge in [-0.05, 0) is 25.2 Å². The molecule has 92 valence electrons. The van der Waals surface area contributed by atoms with Crippen LogP contribution in [0.4, 0.5) is 4.79 Å². The van der Waals surface area contributed by atoms with Gasteiger partial charge in [0.25, 0.3) is 0 Å². The third kappa shape index (κ3) is 3.10. The Morgan fingerprint density at radius 1 is 1.31 bits per heavy atom. The summed E-state index contributed by atoms with van der Waals surface area (Å²) in [6.07, 6.45) is 0.706. The summed E-state index contributed by atoms with van der Waals surface area (Å²) in [5.74, 6) is -1.62. The van der Waals surface area contributed by atoms with Crippen LogP contribution in [0.3, 0.4) is 0 Å². The Bertz CT molecular complexity index is 268. The van der Waals surface area contributed by atoms with Gasteiger partial charge in [0.05, 0.1) is 5.92 Å². The largest absolute Gasteiger partial charge is 0.481 e. The van der Waals surface area contributed by atoms with Crippen LogP contribution in [-0.4, -0.2) is 52.0 Å². The smallest absolute Gasteiger partial charge is 0.407 e. The Morgan fingerprint density at radius 2 is 2.00 bits per heavy atom. The average Bonchev–Trinajstić information content (AvgIpc) is 2.25. The Labute approximate surface area is 93.5 Å². The van der Waals surface area contributed by atoms with Gasteiger partial charge < -0.3 is 20.2 Å². The average molecular weight is 231 g/mol. The van der Waals surface area contributed by atoms with E-state index in [1.165, 1.54) is 0 Å². The number of aliphatic carboxylic acids is 1. The second kappa shape index (κ2) is 5.69. The van der Waals surface area contributed by atoms with Crippen molar-refractivity contribution in [1.29, 1.82) is 0 Å². The number of hydrogen-bond acceptors (Lipinski definition) is 3. The molecule has 0 bridgehead atoms. The van der Waals surface area contributed by atoms with Crippen molar-refractivity contribution in [2.24, 2.45) is 11.8 Å². The molecule has 0 saturated carbocycles. The van der Waals surface area contributed by atoms with Gasteiger partial charge in [-0.25, -0.2) is 4.79 Å². The number of carboxylic acid groups (broad SMARTS) is 2. The van der Waals surface area contributed by atoms with E-state index >= 15 is 0 Å². The van der Waals surface area contributed by atoms with Crippen LogP contribution in [-0.2, 0) is 4.79 Å². The third-order valence-corrected chi connectivity index (χ3v) is 3.08. The number of carboxylic acids is 1. The number of carbonyl (C=O) groups is 2. The maximum absolute atomic E-state index is 11.0. The zero-order valence-corrected chi connectivity index (χ0v) is 9.00. The Balaban J connectivity index is 2.60. The molecular weight excluding hydrogens is 214 g/mol. The predicted molar refractivity (Wildman–Crippen MR) is 55.2 cm³/mol. The highest BCUT2D eigenvalue weighted by atomic mass is 16.4. The van der Waals surface area contributed by atoms with Gasteiger partial charge in [0.1, 0.15) is 0 Å². The first-order valence-corrected chi connectivity index (χ1v) is 5.37. The van der Waals surface area contributed by atoms with E-state index in [4.69, 9.17) is 15.3 Å². The Morgan fingerprint density at radius 3 is 2.50 bits per heavy atom. The molecular formula is C10H17NO5. The fourth-order valence-electron chi connectivity index (χ4n) is 2.15. The molecule has 0 aliphatic carbocycles. The van der Waals surface area contributed by atoms with Crippen molar-refractivity contribution in [2.45, 2.75) is 19.3 Å². The highest BCUT2D eigenvalue weighted by Gasteiger charge is 2.35. The molecule has 2 unspecified atom stereocenters. The third-order valence-electron chi connectivity index (χ3n) is 3.08. The number of rotatable bonds is 4. The number of piperidine rings is 1. The van der Waals surface area contributed by atoms with E-state index in [-0.39, 0.29) is 19.1 Å². The van der Waals surface area contributed by atoms with Crippen molar-refractivity contribution in [3.63, 3.8) is 0 Å². The summed E-state index contributed by atoms with van der Waals surface area (Å²) in [5.41, 5.74) is 0. The van der Waals surface area contributed by atoms with Gasteiger partial charge >= 0.3 is 12.1 Å². The molecule has 0 aromatic rings. The standard InChI is InChI=1S/C10H17NO5/c12-5-1-2-7-3-4-11(10(15)16)6-8(7)9(13)14/h7-8,12H,1-6H2,(H,13,14)(H,15,16). The van der Waals surface area contributed by atoms with Gasteiger partial charge in [0, 0.05) is 19.7 Å². The van der Waals surface area contributed by atoms with Crippen LogP contribution < -0.4 is 0 Å². The quantitative estimate of drug-likeness (QED) is 0.653. The van der Waals surface area contributed by atoms with Gasteiger partial charge in [-0.15, -0.1) is 0 Å². The lowest BCUT2D eigenvalue weighted by molar-refractivity contribution is -0.145. The highest BCUT2D eigenvalue weighted by molar-refractivity contribution is 5.72. The van der Waals surface area contributed by atoms with Crippen LogP contribution in [0.25, 0.3) is 0 Å². The molecule has 0 aromatic heterocycles. The molecule has 1 aliphatic rings. The maximum atomic E-state index is 11.0. The molecule has 0 spiro atoms.